The minimum absolute atomic E-state index is 0.0908. The van der Waals surface area contributed by atoms with Crippen LogP contribution < -0.4 is 10.5 Å². The normalized spacial score (nSPS) is 17.2. The van der Waals surface area contributed by atoms with E-state index in [1.165, 1.54) is 18.3 Å². The fourth-order valence-corrected chi connectivity index (χ4v) is 5.93. The van der Waals surface area contributed by atoms with Gasteiger partial charge in [0.05, 0.1) is 17.8 Å². The van der Waals surface area contributed by atoms with E-state index in [0.29, 0.717) is 25.1 Å². The summed E-state index contributed by atoms with van der Waals surface area (Å²) in [5.74, 6) is -0.564. The van der Waals surface area contributed by atoms with Gasteiger partial charge in [-0.05, 0) is 19.8 Å². The summed E-state index contributed by atoms with van der Waals surface area (Å²) in [5, 5.41) is 9.83. The van der Waals surface area contributed by atoms with Crippen LogP contribution in [0.2, 0.25) is 0 Å². The molecule has 1 aliphatic rings. The predicted octanol–water partition coefficient (Wildman–Crippen LogP) is 0.980. The van der Waals surface area contributed by atoms with Crippen molar-refractivity contribution in [2.75, 3.05) is 11.9 Å². The molecule has 1 saturated heterocycles. The van der Waals surface area contributed by atoms with Gasteiger partial charge in [0.2, 0.25) is 21.8 Å². The van der Waals surface area contributed by atoms with Crippen LogP contribution in [0.4, 0.5) is 5.13 Å². The number of nitrogens with zero attached hydrogens (tertiary/aromatic N) is 4. The lowest BCUT2D eigenvalue weighted by Gasteiger charge is -2.23. The van der Waals surface area contributed by atoms with E-state index >= 15 is 0 Å². The van der Waals surface area contributed by atoms with Crippen molar-refractivity contribution in [1.82, 2.24) is 19.3 Å². The molecule has 3 N–H and O–H groups in total. The molecule has 0 bridgehead atoms. The molecule has 0 aromatic carbocycles. The first-order chi connectivity index (χ1) is 13.7. The Hall–Kier alpha value is -2.35. The smallest absolute Gasteiger partial charge is 0.249 e. The quantitative estimate of drug-likeness (QED) is 0.589. The van der Waals surface area contributed by atoms with E-state index in [9.17, 15) is 18.0 Å². The molecule has 0 spiro atoms. The molecule has 3 aromatic rings. The van der Waals surface area contributed by atoms with E-state index in [2.05, 4.69) is 15.3 Å². The van der Waals surface area contributed by atoms with E-state index in [-0.39, 0.29) is 27.4 Å². The zero-order chi connectivity index (χ0) is 20.8. The van der Waals surface area contributed by atoms with Crippen LogP contribution in [0.25, 0.3) is 4.96 Å². The number of carbonyl (C=O) groups excluding carboxylic acids is 2. The van der Waals surface area contributed by atoms with Crippen molar-refractivity contribution in [1.29, 1.82) is 0 Å². The van der Waals surface area contributed by atoms with Gasteiger partial charge >= 0.3 is 0 Å². The maximum atomic E-state index is 12.8. The van der Waals surface area contributed by atoms with Gasteiger partial charge < -0.3 is 10.2 Å². The highest BCUT2D eigenvalue weighted by Gasteiger charge is 2.35. The summed E-state index contributed by atoms with van der Waals surface area (Å²) in [4.78, 5) is 36.3. The number of rotatable bonds is 5. The Balaban J connectivity index is 1.45. The molecule has 13 heteroatoms. The van der Waals surface area contributed by atoms with Crippen molar-refractivity contribution in [3.63, 3.8) is 0 Å². The van der Waals surface area contributed by atoms with Crippen molar-refractivity contribution in [3.05, 3.63) is 29.2 Å². The molecule has 4 heterocycles. The second-order valence-corrected chi connectivity index (χ2v) is 10.3. The first-order valence-corrected chi connectivity index (χ1v) is 12.0. The van der Waals surface area contributed by atoms with Crippen molar-refractivity contribution in [2.45, 2.75) is 36.4 Å². The van der Waals surface area contributed by atoms with Crippen molar-refractivity contribution >= 4 is 54.6 Å². The third-order valence-electron chi connectivity index (χ3n) is 4.59. The van der Waals surface area contributed by atoms with E-state index < -0.39 is 22.0 Å². The molecule has 0 saturated carbocycles. The summed E-state index contributed by atoms with van der Waals surface area (Å²) in [6.07, 6.45) is 5.04. The van der Waals surface area contributed by atoms with Crippen LogP contribution in [0, 0.1) is 6.92 Å². The highest BCUT2D eigenvalue weighted by atomic mass is 32.2. The molecule has 1 aliphatic heterocycles. The molecule has 10 nitrogen and oxygen atoms in total. The summed E-state index contributed by atoms with van der Waals surface area (Å²) in [7, 11) is -3.90. The fourth-order valence-electron chi connectivity index (χ4n) is 3.34. The number of hydrogen-bond donors (Lipinski definition) is 2. The third kappa shape index (κ3) is 4.03. The molecule has 154 valence electrons. The number of carbonyl (C=O) groups is 2. The lowest BCUT2D eigenvalue weighted by molar-refractivity contribution is -0.136. The van der Waals surface area contributed by atoms with Gasteiger partial charge in [0.15, 0.2) is 14.3 Å². The van der Waals surface area contributed by atoms with Crippen LogP contribution in [0.15, 0.2) is 22.0 Å². The fraction of sp³-hybridized carbons (Fsp3) is 0.375. The molecule has 2 amide bonds. The van der Waals surface area contributed by atoms with Gasteiger partial charge in [-0.15, -0.1) is 11.3 Å². The number of amides is 2. The maximum absolute atomic E-state index is 12.8. The van der Waals surface area contributed by atoms with Crippen molar-refractivity contribution in [3.8, 4) is 0 Å². The van der Waals surface area contributed by atoms with Crippen molar-refractivity contribution < 1.29 is 18.0 Å². The number of hydrogen-bond acceptors (Lipinski definition) is 8. The average Bonchev–Trinajstić information content (AvgIpc) is 3.36. The van der Waals surface area contributed by atoms with Crippen LogP contribution >= 0.6 is 22.7 Å². The molecular weight excluding hydrogens is 436 g/mol. The second kappa shape index (κ2) is 7.48. The molecular formula is C16H18N6O4S3. The van der Waals surface area contributed by atoms with Gasteiger partial charge in [0.25, 0.3) is 0 Å². The number of likely N-dealkylation sites (tertiary alicyclic amines) is 1. The average molecular weight is 455 g/mol. The van der Waals surface area contributed by atoms with E-state index in [0.717, 1.165) is 16.3 Å². The van der Waals surface area contributed by atoms with Crippen LogP contribution in [-0.2, 0) is 26.0 Å². The molecule has 0 radical (unpaired) electrons. The monoisotopic (exact) mass is 454 g/mol. The topological polar surface area (TPSA) is 140 Å². The number of anilines is 1. The molecule has 4 rings (SSSR count). The number of aromatic nitrogens is 3. The molecule has 1 unspecified atom stereocenters. The van der Waals surface area contributed by atoms with Crippen LogP contribution in [0.3, 0.4) is 0 Å². The standard InChI is InChI=1S/C16H18N6O4S3/c1-9-14(29(17,25)26)28-15(18-9)20-13(24)11-3-2-4-22(11)12(23)7-10-8-21-5-6-27-16(21)19-10/h5-6,8,11H,2-4,7H2,1H3,(H2,17,25,26)(H,18,20,24). The van der Waals surface area contributed by atoms with Crippen LogP contribution in [-0.4, -0.2) is 52.1 Å². The van der Waals surface area contributed by atoms with Crippen LogP contribution in [0.1, 0.15) is 24.2 Å². The molecule has 1 atom stereocenters. The Labute approximate surface area is 174 Å². The lowest BCUT2D eigenvalue weighted by atomic mass is 10.2. The Bertz CT molecular complexity index is 1170. The Kier molecular flexibility index (Phi) is 5.14. The minimum atomic E-state index is -3.90. The van der Waals surface area contributed by atoms with Gasteiger partial charge in [-0.3, -0.25) is 14.0 Å². The summed E-state index contributed by atoms with van der Waals surface area (Å²) in [6.45, 7) is 1.99. The van der Waals surface area contributed by atoms with Gasteiger partial charge in [0, 0.05) is 24.3 Å². The largest absolute Gasteiger partial charge is 0.330 e. The van der Waals surface area contributed by atoms with E-state index in [1.807, 2.05) is 22.2 Å². The number of thiazole rings is 2. The minimum Gasteiger partial charge on any atom is -0.330 e. The Morgan fingerprint density at radius 2 is 2.17 bits per heavy atom. The molecule has 0 aliphatic carbocycles. The van der Waals surface area contributed by atoms with E-state index in [4.69, 9.17) is 5.14 Å². The first kappa shape index (κ1) is 19.9. The number of fused-ring (bicyclic) bond motifs is 1. The lowest BCUT2D eigenvalue weighted by Crippen LogP contribution is -2.43. The number of nitrogens with one attached hydrogen (secondary N) is 1. The number of imidazole rings is 1. The Morgan fingerprint density at radius 1 is 1.38 bits per heavy atom. The highest BCUT2D eigenvalue weighted by Crippen LogP contribution is 2.27. The summed E-state index contributed by atoms with van der Waals surface area (Å²) in [5.41, 5.74) is 0.883. The van der Waals surface area contributed by atoms with Crippen molar-refractivity contribution in [2.24, 2.45) is 5.14 Å². The zero-order valence-electron chi connectivity index (χ0n) is 15.4. The summed E-state index contributed by atoms with van der Waals surface area (Å²) >= 11 is 2.28. The number of aryl methyl sites for hydroxylation is 1. The summed E-state index contributed by atoms with van der Waals surface area (Å²) < 4.78 is 24.9. The third-order valence-corrected chi connectivity index (χ3v) is 7.99. The van der Waals surface area contributed by atoms with Gasteiger partial charge in [-0.1, -0.05) is 11.3 Å². The molecule has 1 fully saturated rings. The first-order valence-electron chi connectivity index (χ1n) is 8.74. The molecule has 29 heavy (non-hydrogen) atoms. The second-order valence-electron chi connectivity index (χ2n) is 6.67. The van der Waals surface area contributed by atoms with Gasteiger partial charge in [0.1, 0.15) is 6.04 Å². The maximum Gasteiger partial charge on any atom is 0.249 e. The van der Waals surface area contributed by atoms with Gasteiger partial charge in [-0.2, -0.15) is 0 Å². The van der Waals surface area contributed by atoms with Crippen LogP contribution in [0.5, 0.6) is 0 Å². The van der Waals surface area contributed by atoms with Gasteiger partial charge in [-0.25, -0.2) is 23.5 Å². The number of primary sulfonamides is 1. The number of nitrogens with two attached hydrogens (primary N) is 1. The zero-order valence-corrected chi connectivity index (χ0v) is 17.8. The molecule has 3 aromatic heterocycles. The highest BCUT2D eigenvalue weighted by molar-refractivity contribution is 7.91. The predicted molar refractivity (Wildman–Crippen MR) is 108 cm³/mol. The van der Waals surface area contributed by atoms with E-state index in [1.54, 1.807) is 4.90 Å². The number of sulfonamides is 1. The SMILES string of the molecule is Cc1nc(NC(=O)C2CCCN2C(=O)Cc2cn3ccsc3n2)sc1S(N)(=O)=O. The summed E-state index contributed by atoms with van der Waals surface area (Å²) in [6, 6.07) is -0.631. The Morgan fingerprint density at radius 3 is 2.86 bits per heavy atom.